The van der Waals surface area contributed by atoms with Gasteiger partial charge in [0.05, 0.1) is 19.3 Å². The molecule has 0 aromatic carbocycles. The van der Waals surface area contributed by atoms with Gasteiger partial charge in [-0.05, 0) is 31.1 Å². The quantitative estimate of drug-likeness (QED) is 0.482. The molecule has 0 radical (unpaired) electrons. The molecule has 2 aliphatic carbocycles. The topological polar surface area (TPSA) is 21.8 Å². The molecule has 1 aliphatic heterocycles. The first kappa shape index (κ1) is 8.45. The molecule has 1 saturated heterocycles. The van der Waals surface area contributed by atoms with Gasteiger partial charge in [-0.1, -0.05) is 5.54 Å². The highest BCUT2D eigenvalue weighted by Gasteiger charge is 2.44. The van der Waals surface area contributed by atoms with Crippen molar-refractivity contribution in [2.75, 3.05) is 13.2 Å². The van der Waals surface area contributed by atoms with Crippen LogP contribution in [-0.2, 0) is 9.47 Å². The Kier molecular flexibility index (Phi) is 2.00. The zero-order valence-electron chi connectivity index (χ0n) is 8.24. The Morgan fingerprint density at radius 3 is 2.62 bits per heavy atom. The second-order valence-corrected chi connectivity index (χ2v) is 6.51. The van der Waals surface area contributed by atoms with Crippen molar-refractivity contribution in [2.24, 2.45) is 11.8 Å². The number of hydrogen-bond donors (Lipinski definition) is 0. The van der Waals surface area contributed by atoms with E-state index in [9.17, 15) is 0 Å². The molecule has 3 fully saturated rings. The van der Waals surface area contributed by atoms with Gasteiger partial charge in [-0.3, -0.25) is 0 Å². The number of rotatable bonds is 3. The molecule has 2 bridgehead atoms. The summed E-state index contributed by atoms with van der Waals surface area (Å²) in [6.07, 6.45) is 5.33. The molecule has 0 spiro atoms. The van der Waals surface area contributed by atoms with Crippen LogP contribution in [0, 0.1) is 11.8 Å². The van der Waals surface area contributed by atoms with Crippen LogP contribution in [0.3, 0.4) is 0 Å². The predicted octanol–water partition coefficient (Wildman–Crippen LogP) is 0.354. The summed E-state index contributed by atoms with van der Waals surface area (Å²) in [6.45, 7) is 1.80. The summed E-state index contributed by atoms with van der Waals surface area (Å²) >= 11 is 0. The van der Waals surface area contributed by atoms with Crippen molar-refractivity contribution in [1.82, 2.24) is 0 Å². The average molecular weight is 198 g/mol. The molecule has 74 valence electrons. The maximum absolute atomic E-state index is 5.90. The fraction of sp³-hybridized carbons (Fsp3) is 1.00. The van der Waals surface area contributed by atoms with Crippen molar-refractivity contribution in [3.8, 4) is 0 Å². The molecule has 13 heavy (non-hydrogen) atoms. The van der Waals surface area contributed by atoms with Crippen LogP contribution in [0.25, 0.3) is 0 Å². The molecule has 1 heterocycles. The summed E-state index contributed by atoms with van der Waals surface area (Å²) in [7, 11) is 1.40. The van der Waals surface area contributed by atoms with E-state index < -0.39 is 0 Å². The summed E-state index contributed by atoms with van der Waals surface area (Å²) in [5.41, 5.74) is 1.10. The molecule has 0 N–H and O–H groups in total. The molecular formula is C10H18O2Si. The third kappa shape index (κ3) is 1.58. The number of hydrogen-bond acceptors (Lipinski definition) is 2. The van der Waals surface area contributed by atoms with E-state index in [1.54, 1.807) is 0 Å². The normalized spacial score (nSPS) is 53.1. The fourth-order valence-electron chi connectivity index (χ4n) is 3.11. The van der Waals surface area contributed by atoms with Crippen LogP contribution in [0.2, 0.25) is 5.54 Å². The summed E-state index contributed by atoms with van der Waals surface area (Å²) < 4.78 is 11.1. The van der Waals surface area contributed by atoms with Crippen molar-refractivity contribution in [1.29, 1.82) is 0 Å². The largest absolute Gasteiger partial charge is 0.375 e. The first-order chi connectivity index (χ1) is 6.33. The third-order valence-corrected chi connectivity index (χ3v) is 5.46. The van der Waals surface area contributed by atoms with E-state index in [1.807, 2.05) is 0 Å². The smallest absolute Gasteiger partial charge is 0.104 e. The van der Waals surface area contributed by atoms with Gasteiger partial charge in [0.25, 0.3) is 0 Å². The van der Waals surface area contributed by atoms with Crippen molar-refractivity contribution < 1.29 is 9.47 Å². The van der Waals surface area contributed by atoms with E-state index >= 15 is 0 Å². The molecular weight excluding hydrogens is 180 g/mol. The van der Waals surface area contributed by atoms with Gasteiger partial charge in [0, 0.05) is 10.2 Å². The first-order valence-electron chi connectivity index (χ1n) is 5.56. The predicted molar refractivity (Wildman–Crippen MR) is 54.0 cm³/mol. The lowest BCUT2D eigenvalue weighted by atomic mass is 9.97. The van der Waals surface area contributed by atoms with Gasteiger partial charge in [0.2, 0.25) is 0 Å². The average Bonchev–Trinajstić information content (AvgIpc) is 2.77. The minimum absolute atomic E-state index is 0.450. The monoisotopic (exact) mass is 198 g/mol. The van der Waals surface area contributed by atoms with Crippen molar-refractivity contribution in [3.63, 3.8) is 0 Å². The Balaban J connectivity index is 1.51. The molecule has 3 rings (SSSR count). The second-order valence-electron chi connectivity index (χ2n) is 5.03. The van der Waals surface area contributed by atoms with Gasteiger partial charge < -0.3 is 9.47 Å². The number of ether oxygens (including phenoxy) is 2. The van der Waals surface area contributed by atoms with Crippen LogP contribution in [0.1, 0.15) is 19.3 Å². The van der Waals surface area contributed by atoms with Gasteiger partial charge in [-0.2, -0.15) is 0 Å². The molecule has 3 aliphatic rings. The maximum Gasteiger partial charge on any atom is 0.104 e. The highest BCUT2D eigenvalue weighted by Crippen LogP contribution is 2.51. The first-order valence-corrected chi connectivity index (χ1v) is 6.71. The third-order valence-electron chi connectivity index (χ3n) is 4.04. The van der Waals surface area contributed by atoms with Crippen molar-refractivity contribution in [2.45, 2.75) is 37.0 Å². The van der Waals surface area contributed by atoms with E-state index in [0.717, 1.165) is 30.6 Å². The summed E-state index contributed by atoms with van der Waals surface area (Å²) in [5.74, 6) is 1.94. The van der Waals surface area contributed by atoms with E-state index in [0.29, 0.717) is 12.2 Å². The maximum atomic E-state index is 5.90. The van der Waals surface area contributed by atoms with Crippen LogP contribution >= 0.6 is 0 Å². The van der Waals surface area contributed by atoms with Gasteiger partial charge >= 0.3 is 0 Å². The van der Waals surface area contributed by atoms with Crippen LogP contribution < -0.4 is 0 Å². The van der Waals surface area contributed by atoms with E-state index in [1.165, 1.54) is 29.5 Å². The van der Waals surface area contributed by atoms with Gasteiger partial charge in [-0.15, -0.1) is 0 Å². The summed E-state index contributed by atoms with van der Waals surface area (Å²) in [5, 5.41) is 0. The minimum atomic E-state index is 0.450. The summed E-state index contributed by atoms with van der Waals surface area (Å²) in [4.78, 5) is 0. The molecule has 0 aromatic rings. The van der Waals surface area contributed by atoms with Crippen LogP contribution in [0.5, 0.6) is 0 Å². The van der Waals surface area contributed by atoms with Gasteiger partial charge in [0.15, 0.2) is 0 Å². The van der Waals surface area contributed by atoms with E-state index in [2.05, 4.69) is 0 Å². The molecule has 0 amide bonds. The lowest BCUT2D eigenvalue weighted by Crippen LogP contribution is -2.24. The molecule has 5 unspecified atom stereocenters. The molecule has 3 heteroatoms. The Labute approximate surface area is 82.4 Å². The zero-order valence-corrected chi connectivity index (χ0v) is 10.2. The second kappa shape index (κ2) is 3.07. The molecule has 2 saturated carbocycles. The van der Waals surface area contributed by atoms with Gasteiger partial charge in [0.1, 0.15) is 6.10 Å². The van der Waals surface area contributed by atoms with Crippen LogP contribution in [0.15, 0.2) is 0 Å². The Bertz CT molecular complexity index is 203. The lowest BCUT2D eigenvalue weighted by molar-refractivity contribution is 0.00885. The Morgan fingerprint density at radius 2 is 2.08 bits per heavy atom. The van der Waals surface area contributed by atoms with E-state index in [4.69, 9.17) is 9.47 Å². The minimum Gasteiger partial charge on any atom is -0.375 e. The number of epoxide rings is 1. The van der Waals surface area contributed by atoms with E-state index in [-0.39, 0.29) is 0 Å². The standard InChI is InChI=1S/C10H18O2Si/c13-10-3-6-1-7(10)2-9(6)12-5-8-4-11-8/h6-10H,1-5H2,13H3. The summed E-state index contributed by atoms with van der Waals surface area (Å²) in [6, 6.07) is 0. The van der Waals surface area contributed by atoms with Crippen molar-refractivity contribution in [3.05, 3.63) is 0 Å². The lowest BCUT2D eigenvalue weighted by Gasteiger charge is -2.25. The highest BCUT2D eigenvalue weighted by molar-refractivity contribution is 6.12. The van der Waals surface area contributed by atoms with Crippen molar-refractivity contribution >= 4 is 10.2 Å². The highest BCUT2D eigenvalue weighted by atomic mass is 28.1. The SMILES string of the molecule is [SiH3]C1CC2CC1CC2OCC1CO1. The molecule has 5 atom stereocenters. The number of fused-ring (bicyclic) bond motifs is 2. The fourth-order valence-corrected chi connectivity index (χ4v) is 4.26. The van der Waals surface area contributed by atoms with Crippen LogP contribution in [-0.4, -0.2) is 35.7 Å². The Hall–Kier alpha value is 0.137. The van der Waals surface area contributed by atoms with Crippen LogP contribution in [0.4, 0.5) is 0 Å². The Morgan fingerprint density at radius 1 is 1.23 bits per heavy atom. The molecule has 0 aromatic heterocycles. The zero-order chi connectivity index (χ0) is 8.84. The molecule has 2 nitrogen and oxygen atoms in total. The van der Waals surface area contributed by atoms with Gasteiger partial charge in [-0.25, -0.2) is 0 Å².